The van der Waals surface area contributed by atoms with E-state index in [1.807, 2.05) is 13.0 Å². The van der Waals surface area contributed by atoms with Gasteiger partial charge in [0.15, 0.2) is 0 Å². The van der Waals surface area contributed by atoms with Gasteiger partial charge >= 0.3 is 0 Å². The van der Waals surface area contributed by atoms with E-state index in [2.05, 4.69) is 0 Å². The van der Waals surface area contributed by atoms with Crippen LogP contribution in [0.2, 0.25) is 0 Å². The summed E-state index contributed by atoms with van der Waals surface area (Å²) in [6, 6.07) is 6.96. The molecule has 1 aromatic rings. The Hall–Kier alpha value is -0.780. The minimum Gasteiger partial charge on any atom is -0.0617 e. The zero-order valence-electron chi connectivity index (χ0n) is 7.81. The topological polar surface area (TPSA) is 0 Å². The lowest BCUT2D eigenvalue weighted by molar-refractivity contribution is 1.39. The lowest BCUT2D eigenvalue weighted by Gasteiger charge is -1.90. The molecule has 1 rings (SSSR count). The lowest BCUT2D eigenvalue weighted by atomic mass is 10.2. The minimum absolute atomic E-state index is 0.414. The Balaban J connectivity index is 3.06. The van der Waals surface area contributed by atoms with Crippen LogP contribution in [0, 0.1) is 13.8 Å². The highest BCUT2D eigenvalue weighted by Gasteiger charge is 1.80. The lowest BCUT2D eigenvalue weighted by Crippen LogP contribution is -1.71. The van der Waals surface area contributed by atoms with E-state index < -0.39 is 6.85 Å². The Morgan fingerprint density at radius 2 is 2.12 bits per heavy atom. The van der Waals surface area contributed by atoms with E-state index in [0.717, 1.165) is 5.56 Å². The SMILES string of the molecule is [2H]C([2H])([2H])c1cccc(C)c1. The molecule has 0 amide bonds. The van der Waals surface area contributed by atoms with Gasteiger partial charge in [-0.25, -0.2) is 0 Å². The average molecular weight is 109 g/mol. The number of hydrogen-bond acceptors (Lipinski definition) is 0. The van der Waals surface area contributed by atoms with Gasteiger partial charge in [-0.1, -0.05) is 35.4 Å². The molecule has 0 aliphatic heterocycles. The molecule has 0 heterocycles. The summed E-state index contributed by atoms with van der Waals surface area (Å²) in [7, 11) is 0. The van der Waals surface area contributed by atoms with Crippen molar-refractivity contribution in [3.63, 3.8) is 0 Å². The Morgan fingerprint density at radius 1 is 1.38 bits per heavy atom. The fourth-order valence-corrected chi connectivity index (χ4v) is 0.645. The maximum atomic E-state index is 7.10. The summed E-state index contributed by atoms with van der Waals surface area (Å²) in [6.45, 7) is -0.0821. The summed E-state index contributed by atoms with van der Waals surface area (Å²) < 4.78 is 21.3. The van der Waals surface area contributed by atoms with Gasteiger partial charge in [0.05, 0.1) is 0 Å². The van der Waals surface area contributed by atoms with Crippen molar-refractivity contribution < 1.29 is 4.11 Å². The van der Waals surface area contributed by atoms with Gasteiger partial charge in [0, 0.05) is 4.11 Å². The maximum Gasteiger partial charge on any atom is 0.0280 e. The van der Waals surface area contributed by atoms with Crippen molar-refractivity contribution in [1.29, 1.82) is 0 Å². The van der Waals surface area contributed by atoms with E-state index in [9.17, 15) is 0 Å². The highest BCUT2D eigenvalue weighted by molar-refractivity contribution is 5.20. The maximum absolute atomic E-state index is 7.10. The molecule has 0 nitrogen and oxygen atoms in total. The molecule has 0 spiro atoms. The molecule has 0 radical (unpaired) electrons. The zero-order valence-corrected chi connectivity index (χ0v) is 4.81. The molecular formula is C8H10. The first-order chi connectivity index (χ1) is 5.00. The molecule has 1 aromatic carbocycles. The van der Waals surface area contributed by atoms with Crippen molar-refractivity contribution in [2.75, 3.05) is 0 Å². The number of rotatable bonds is 0. The molecule has 0 unspecified atom stereocenters. The molecule has 0 aliphatic carbocycles. The molecule has 0 bridgehead atoms. The van der Waals surface area contributed by atoms with E-state index in [4.69, 9.17) is 4.11 Å². The van der Waals surface area contributed by atoms with Gasteiger partial charge in [-0.05, 0) is 13.8 Å². The molecule has 42 valence electrons. The second-order valence-electron chi connectivity index (χ2n) is 1.87. The summed E-state index contributed by atoms with van der Waals surface area (Å²) in [4.78, 5) is 0. The second kappa shape index (κ2) is 1.99. The highest BCUT2D eigenvalue weighted by atomic mass is 13.9. The van der Waals surface area contributed by atoms with Crippen LogP contribution in [0.5, 0.6) is 0 Å². The summed E-state index contributed by atoms with van der Waals surface area (Å²) in [6.07, 6.45) is 0. The van der Waals surface area contributed by atoms with Crippen LogP contribution in [0.25, 0.3) is 0 Å². The summed E-state index contributed by atoms with van der Waals surface area (Å²) in [5.74, 6) is 0. The predicted octanol–water partition coefficient (Wildman–Crippen LogP) is 2.30. The largest absolute Gasteiger partial charge is 0.0617 e. The zero-order chi connectivity index (χ0) is 8.48. The van der Waals surface area contributed by atoms with Crippen LogP contribution in [-0.4, -0.2) is 0 Å². The normalized spacial score (nSPS) is 16.4. The number of aryl methyl sites for hydroxylation is 2. The van der Waals surface area contributed by atoms with Crippen molar-refractivity contribution in [3.8, 4) is 0 Å². The molecule has 0 aromatic heterocycles. The highest BCUT2D eigenvalue weighted by Crippen LogP contribution is 2.00. The standard InChI is InChI=1S/C8H10/c1-7-4-3-5-8(2)6-7/h3-6H,1-2H3/i1D3. The first-order valence-corrected chi connectivity index (χ1v) is 2.57. The molecule has 0 fully saturated rings. The van der Waals surface area contributed by atoms with Gasteiger partial charge in [-0.15, -0.1) is 0 Å². The Labute approximate surface area is 54.4 Å². The van der Waals surface area contributed by atoms with Crippen LogP contribution in [0.3, 0.4) is 0 Å². The van der Waals surface area contributed by atoms with Crippen LogP contribution < -0.4 is 0 Å². The Bertz CT molecular complexity index is 250. The Morgan fingerprint density at radius 3 is 2.62 bits per heavy atom. The molecule has 0 saturated heterocycles. The van der Waals surface area contributed by atoms with E-state index in [1.54, 1.807) is 18.2 Å². The first-order valence-electron chi connectivity index (χ1n) is 4.07. The van der Waals surface area contributed by atoms with E-state index in [1.165, 1.54) is 0 Å². The molecule has 0 heteroatoms. The fourth-order valence-electron chi connectivity index (χ4n) is 0.645. The third-order valence-corrected chi connectivity index (χ3v) is 1.02. The monoisotopic (exact) mass is 109 g/mol. The van der Waals surface area contributed by atoms with Gasteiger partial charge in [0.25, 0.3) is 0 Å². The van der Waals surface area contributed by atoms with Crippen LogP contribution >= 0.6 is 0 Å². The third kappa shape index (κ3) is 1.09. The second-order valence-corrected chi connectivity index (χ2v) is 1.87. The van der Waals surface area contributed by atoms with Crippen molar-refractivity contribution in [2.45, 2.75) is 13.8 Å². The van der Waals surface area contributed by atoms with Gasteiger partial charge in [0.2, 0.25) is 0 Å². The van der Waals surface area contributed by atoms with Crippen LogP contribution in [0.15, 0.2) is 24.3 Å². The smallest absolute Gasteiger partial charge is 0.0280 e. The van der Waals surface area contributed by atoms with Gasteiger partial charge in [-0.2, -0.15) is 0 Å². The van der Waals surface area contributed by atoms with Crippen molar-refractivity contribution >= 4 is 0 Å². The molecule has 0 N–H and O–H groups in total. The molecule has 0 saturated carbocycles. The Kier molecular flexibility index (Phi) is 0.666. The van der Waals surface area contributed by atoms with E-state index >= 15 is 0 Å². The summed E-state index contributed by atoms with van der Waals surface area (Å²) in [5, 5.41) is 0. The van der Waals surface area contributed by atoms with Gasteiger partial charge < -0.3 is 0 Å². The summed E-state index contributed by atoms with van der Waals surface area (Å²) in [5.41, 5.74) is 1.40. The molecule has 8 heavy (non-hydrogen) atoms. The van der Waals surface area contributed by atoms with Crippen molar-refractivity contribution in [1.82, 2.24) is 0 Å². The van der Waals surface area contributed by atoms with Crippen molar-refractivity contribution in [3.05, 3.63) is 35.4 Å². The minimum atomic E-state index is -1.97. The van der Waals surface area contributed by atoms with Gasteiger partial charge in [0.1, 0.15) is 0 Å². The quantitative estimate of drug-likeness (QED) is 0.479. The number of benzene rings is 1. The van der Waals surface area contributed by atoms with Gasteiger partial charge in [-0.3, -0.25) is 0 Å². The van der Waals surface area contributed by atoms with Crippen LogP contribution in [0.4, 0.5) is 0 Å². The van der Waals surface area contributed by atoms with E-state index in [-0.39, 0.29) is 0 Å². The molecule has 0 atom stereocenters. The third-order valence-electron chi connectivity index (χ3n) is 1.02. The first kappa shape index (κ1) is 2.67. The number of hydrogen-bond donors (Lipinski definition) is 0. The van der Waals surface area contributed by atoms with E-state index in [0.29, 0.717) is 5.56 Å². The molecule has 0 aliphatic rings. The molecular weight excluding hydrogens is 96.1 g/mol. The fraction of sp³-hybridized carbons (Fsp3) is 0.250. The summed E-state index contributed by atoms with van der Waals surface area (Å²) >= 11 is 0. The van der Waals surface area contributed by atoms with Crippen LogP contribution in [0.1, 0.15) is 15.2 Å². The average Bonchev–Trinajstić information content (AvgIpc) is 1.86. The van der Waals surface area contributed by atoms with Crippen LogP contribution in [-0.2, 0) is 0 Å². The van der Waals surface area contributed by atoms with Crippen molar-refractivity contribution in [2.24, 2.45) is 0 Å². The predicted molar refractivity (Wildman–Crippen MR) is 35.9 cm³/mol.